The Morgan fingerprint density at radius 1 is 1.40 bits per heavy atom. The van der Waals surface area contributed by atoms with Gasteiger partial charge >= 0.3 is 0 Å². The number of aromatic nitrogens is 1. The lowest BCUT2D eigenvalue weighted by Crippen LogP contribution is -2.14. The lowest BCUT2D eigenvalue weighted by atomic mass is 9.91. The molecule has 0 bridgehead atoms. The highest BCUT2D eigenvalue weighted by Gasteiger charge is 2.23. The summed E-state index contributed by atoms with van der Waals surface area (Å²) in [6.45, 7) is 10.7. The van der Waals surface area contributed by atoms with Crippen LogP contribution in [0, 0.1) is 11.3 Å². The van der Waals surface area contributed by atoms with Crippen molar-refractivity contribution in [2.24, 2.45) is 0 Å². The molecule has 0 atom stereocenters. The van der Waals surface area contributed by atoms with E-state index in [-0.39, 0.29) is 5.41 Å². The molecule has 0 spiro atoms. The van der Waals surface area contributed by atoms with E-state index in [2.05, 4.69) is 45.7 Å². The summed E-state index contributed by atoms with van der Waals surface area (Å²) in [7, 11) is 0. The molecule has 1 aromatic rings. The topological polar surface area (TPSA) is 36.7 Å². The summed E-state index contributed by atoms with van der Waals surface area (Å²) in [6, 6.07) is 2.22. The second-order valence-electron chi connectivity index (χ2n) is 5.06. The van der Waals surface area contributed by atoms with Crippen LogP contribution in [0.4, 0.5) is 0 Å². The van der Waals surface area contributed by atoms with E-state index in [0.717, 1.165) is 15.6 Å². The van der Waals surface area contributed by atoms with Crippen LogP contribution in [0.15, 0.2) is 0 Å². The van der Waals surface area contributed by atoms with Crippen LogP contribution in [0.3, 0.4) is 0 Å². The lowest BCUT2D eigenvalue weighted by Gasteiger charge is -2.16. The van der Waals surface area contributed by atoms with Crippen molar-refractivity contribution in [1.82, 2.24) is 4.98 Å². The Kier molecular flexibility index (Phi) is 3.51. The van der Waals surface area contributed by atoms with E-state index < -0.39 is 0 Å². The number of rotatable bonds is 2. The van der Waals surface area contributed by atoms with Gasteiger partial charge < -0.3 is 0 Å². The van der Waals surface area contributed by atoms with Gasteiger partial charge in [0.05, 0.1) is 23.2 Å². The zero-order valence-corrected chi connectivity index (χ0v) is 10.9. The van der Waals surface area contributed by atoms with Gasteiger partial charge in [0, 0.05) is 16.2 Å². The summed E-state index contributed by atoms with van der Waals surface area (Å²) in [5.74, 6) is 0.448. The average molecular weight is 222 g/mol. The summed E-state index contributed by atoms with van der Waals surface area (Å²) in [6.07, 6.45) is 0.483. The molecule has 0 fully saturated rings. The van der Waals surface area contributed by atoms with Crippen LogP contribution in [0.5, 0.6) is 0 Å². The molecule has 1 rings (SSSR count). The van der Waals surface area contributed by atoms with E-state index >= 15 is 0 Å². The molecule has 0 aliphatic heterocycles. The van der Waals surface area contributed by atoms with Gasteiger partial charge in [0.15, 0.2) is 0 Å². The van der Waals surface area contributed by atoms with E-state index in [1.807, 2.05) is 0 Å². The van der Waals surface area contributed by atoms with Crippen LogP contribution in [-0.2, 0) is 11.8 Å². The van der Waals surface area contributed by atoms with Crippen molar-refractivity contribution in [2.75, 3.05) is 0 Å². The van der Waals surface area contributed by atoms with Gasteiger partial charge in [-0.2, -0.15) is 5.26 Å². The molecule has 0 aliphatic carbocycles. The highest BCUT2D eigenvalue weighted by Crippen LogP contribution is 2.32. The van der Waals surface area contributed by atoms with E-state index in [1.54, 1.807) is 11.3 Å². The first-order valence-electron chi connectivity index (χ1n) is 5.23. The molecule has 0 unspecified atom stereocenters. The largest absolute Gasteiger partial charge is 0.245 e. The van der Waals surface area contributed by atoms with Crippen molar-refractivity contribution in [1.29, 1.82) is 5.26 Å². The minimum absolute atomic E-state index is 0.0375. The SMILES string of the molecule is CC(C)c1nc(C(C)(C)C)c(CC#N)s1. The quantitative estimate of drug-likeness (QED) is 0.766. The molecule has 0 N–H and O–H groups in total. The molecule has 0 amide bonds. The predicted molar refractivity (Wildman–Crippen MR) is 64.2 cm³/mol. The summed E-state index contributed by atoms with van der Waals surface area (Å²) in [5, 5.41) is 9.93. The fourth-order valence-electron chi connectivity index (χ4n) is 1.39. The molecule has 3 heteroatoms. The number of nitrogens with zero attached hydrogens (tertiary/aromatic N) is 2. The van der Waals surface area contributed by atoms with Crippen LogP contribution < -0.4 is 0 Å². The lowest BCUT2D eigenvalue weighted by molar-refractivity contribution is 0.564. The molecule has 82 valence electrons. The third kappa shape index (κ3) is 2.79. The summed E-state index contributed by atoms with van der Waals surface area (Å²) >= 11 is 1.69. The normalized spacial score (nSPS) is 11.8. The highest BCUT2D eigenvalue weighted by molar-refractivity contribution is 7.11. The Hall–Kier alpha value is -0.880. The van der Waals surface area contributed by atoms with Crippen molar-refractivity contribution in [3.8, 4) is 6.07 Å². The molecule has 1 heterocycles. The van der Waals surface area contributed by atoms with Crippen molar-refractivity contribution in [3.05, 3.63) is 15.6 Å². The van der Waals surface area contributed by atoms with E-state index in [1.165, 1.54) is 0 Å². The number of thiazole rings is 1. The van der Waals surface area contributed by atoms with Crippen LogP contribution in [-0.4, -0.2) is 4.98 Å². The summed E-state index contributed by atoms with van der Waals surface area (Å²) in [4.78, 5) is 5.80. The molecular formula is C12H18N2S. The number of hydrogen-bond acceptors (Lipinski definition) is 3. The Morgan fingerprint density at radius 3 is 2.40 bits per heavy atom. The van der Waals surface area contributed by atoms with Gasteiger partial charge in [0.1, 0.15) is 0 Å². The Morgan fingerprint density at radius 2 is 2.00 bits per heavy atom. The van der Waals surface area contributed by atoms with Gasteiger partial charge in [-0.15, -0.1) is 11.3 Å². The number of nitriles is 1. The minimum Gasteiger partial charge on any atom is -0.245 e. The third-order valence-corrected chi connectivity index (χ3v) is 3.51. The third-order valence-electron chi connectivity index (χ3n) is 2.16. The van der Waals surface area contributed by atoms with Gasteiger partial charge in [-0.25, -0.2) is 4.98 Å². The molecule has 2 nitrogen and oxygen atoms in total. The molecule has 0 aliphatic rings. The molecular weight excluding hydrogens is 204 g/mol. The predicted octanol–water partition coefficient (Wildman–Crippen LogP) is 3.63. The molecule has 0 saturated heterocycles. The second kappa shape index (κ2) is 4.32. The van der Waals surface area contributed by atoms with Crippen LogP contribution in [0.1, 0.15) is 56.1 Å². The van der Waals surface area contributed by atoms with Crippen LogP contribution in [0.25, 0.3) is 0 Å². The zero-order valence-electron chi connectivity index (χ0n) is 10.1. The average Bonchev–Trinajstić information content (AvgIpc) is 2.48. The fraction of sp³-hybridized carbons (Fsp3) is 0.667. The zero-order chi connectivity index (χ0) is 11.6. The standard InChI is InChI=1S/C12H18N2S/c1-8(2)11-14-10(12(3,4)5)9(15-11)6-7-13/h8H,6H2,1-5H3. The molecule has 0 radical (unpaired) electrons. The maximum absolute atomic E-state index is 8.79. The summed E-state index contributed by atoms with van der Waals surface area (Å²) < 4.78 is 0. The smallest absolute Gasteiger partial charge is 0.0957 e. The van der Waals surface area contributed by atoms with Gasteiger partial charge in [0.25, 0.3) is 0 Å². The van der Waals surface area contributed by atoms with Gasteiger partial charge in [0.2, 0.25) is 0 Å². The van der Waals surface area contributed by atoms with E-state index in [4.69, 9.17) is 5.26 Å². The van der Waals surface area contributed by atoms with Crippen molar-refractivity contribution < 1.29 is 0 Å². The van der Waals surface area contributed by atoms with Crippen molar-refractivity contribution in [2.45, 2.75) is 52.4 Å². The van der Waals surface area contributed by atoms with Crippen molar-refractivity contribution in [3.63, 3.8) is 0 Å². The first-order valence-corrected chi connectivity index (χ1v) is 6.05. The summed E-state index contributed by atoms with van der Waals surface area (Å²) in [5.41, 5.74) is 1.13. The second-order valence-corrected chi connectivity index (χ2v) is 6.18. The van der Waals surface area contributed by atoms with Crippen LogP contribution in [0.2, 0.25) is 0 Å². The maximum Gasteiger partial charge on any atom is 0.0957 e. The molecule has 1 aromatic heterocycles. The molecule has 0 saturated carbocycles. The van der Waals surface area contributed by atoms with E-state index in [9.17, 15) is 0 Å². The molecule has 0 aromatic carbocycles. The van der Waals surface area contributed by atoms with Crippen molar-refractivity contribution >= 4 is 11.3 Å². The van der Waals surface area contributed by atoms with Gasteiger partial charge in [-0.05, 0) is 0 Å². The first kappa shape index (κ1) is 12.2. The Bertz CT molecular complexity index is 377. The van der Waals surface area contributed by atoms with Gasteiger partial charge in [-0.3, -0.25) is 0 Å². The molecule has 15 heavy (non-hydrogen) atoms. The fourth-order valence-corrected chi connectivity index (χ4v) is 2.60. The maximum atomic E-state index is 8.79. The Balaban J connectivity index is 3.19. The first-order chi connectivity index (χ1) is 6.86. The minimum atomic E-state index is 0.0375. The van der Waals surface area contributed by atoms with E-state index in [0.29, 0.717) is 12.3 Å². The Labute approximate surface area is 96.0 Å². The number of hydrogen-bond donors (Lipinski definition) is 0. The monoisotopic (exact) mass is 222 g/mol. The van der Waals surface area contributed by atoms with Gasteiger partial charge in [-0.1, -0.05) is 34.6 Å². The van der Waals surface area contributed by atoms with Crippen LogP contribution >= 0.6 is 11.3 Å². The highest BCUT2D eigenvalue weighted by atomic mass is 32.1.